The van der Waals surface area contributed by atoms with E-state index in [-0.39, 0.29) is 5.91 Å². The zero-order valence-corrected chi connectivity index (χ0v) is 20.8. The number of amides is 1. The Morgan fingerprint density at radius 3 is 2.49 bits per heavy atom. The van der Waals surface area contributed by atoms with Gasteiger partial charge in [-0.3, -0.25) is 9.89 Å². The molecule has 0 atom stereocenters. The molecular formula is C29H27N7O. The van der Waals surface area contributed by atoms with E-state index in [1.165, 1.54) is 0 Å². The number of aromatic nitrogens is 5. The van der Waals surface area contributed by atoms with Gasteiger partial charge in [-0.05, 0) is 55.5 Å². The van der Waals surface area contributed by atoms with Crippen LogP contribution in [0, 0.1) is 6.92 Å². The predicted octanol–water partition coefficient (Wildman–Crippen LogP) is 6.83. The van der Waals surface area contributed by atoms with E-state index in [0.29, 0.717) is 17.3 Å². The Balaban J connectivity index is 0.00000137. The Morgan fingerprint density at radius 2 is 1.65 bits per heavy atom. The summed E-state index contributed by atoms with van der Waals surface area (Å²) in [5.41, 5.74) is 5.95. The molecule has 0 bridgehead atoms. The van der Waals surface area contributed by atoms with Crippen molar-refractivity contribution < 1.29 is 4.79 Å². The van der Waals surface area contributed by atoms with Gasteiger partial charge < -0.3 is 15.6 Å². The molecule has 0 radical (unpaired) electrons. The number of fused-ring (bicyclic) bond motifs is 2. The fraction of sp³-hybridized carbons (Fsp3) is 0.103. The number of aromatic amines is 2. The van der Waals surface area contributed by atoms with Gasteiger partial charge in [0.2, 0.25) is 0 Å². The molecule has 3 aromatic heterocycles. The summed E-state index contributed by atoms with van der Waals surface area (Å²) >= 11 is 0. The first-order valence-corrected chi connectivity index (χ1v) is 12.2. The Bertz CT molecular complexity index is 1680. The number of rotatable bonds is 5. The van der Waals surface area contributed by atoms with Crippen LogP contribution in [0.25, 0.3) is 33.2 Å². The van der Waals surface area contributed by atoms with Crippen molar-refractivity contribution in [1.29, 1.82) is 0 Å². The molecule has 1 amide bonds. The first kappa shape index (κ1) is 23.7. The number of carbonyl (C=O) groups excluding carboxylic acids is 1. The van der Waals surface area contributed by atoms with Crippen LogP contribution in [0.4, 0.5) is 17.2 Å². The third-order valence-electron chi connectivity index (χ3n) is 5.80. The van der Waals surface area contributed by atoms with Crippen LogP contribution in [0.2, 0.25) is 0 Å². The molecule has 0 aliphatic rings. The molecule has 184 valence electrons. The molecule has 6 rings (SSSR count). The Kier molecular flexibility index (Phi) is 6.63. The topological polar surface area (TPSA) is 111 Å². The van der Waals surface area contributed by atoms with E-state index in [4.69, 9.17) is 0 Å². The largest absolute Gasteiger partial charge is 0.350 e. The number of nitrogens with zero attached hydrogens (tertiary/aromatic N) is 3. The number of H-pyrrole nitrogens is 2. The van der Waals surface area contributed by atoms with Crippen molar-refractivity contribution in [2.45, 2.75) is 20.8 Å². The van der Waals surface area contributed by atoms with Gasteiger partial charge in [0.1, 0.15) is 11.5 Å². The maximum absolute atomic E-state index is 12.7. The van der Waals surface area contributed by atoms with Gasteiger partial charge in [0.05, 0.1) is 11.7 Å². The van der Waals surface area contributed by atoms with Gasteiger partial charge in [-0.25, -0.2) is 9.97 Å². The predicted molar refractivity (Wildman–Crippen MR) is 149 cm³/mol. The van der Waals surface area contributed by atoms with E-state index in [1.807, 2.05) is 93.6 Å². The monoisotopic (exact) mass is 489 g/mol. The van der Waals surface area contributed by atoms with Crippen LogP contribution in [-0.4, -0.2) is 31.1 Å². The fourth-order valence-corrected chi connectivity index (χ4v) is 3.96. The average molecular weight is 490 g/mol. The van der Waals surface area contributed by atoms with Crippen LogP contribution in [0.1, 0.15) is 29.9 Å². The molecule has 3 heterocycles. The van der Waals surface area contributed by atoms with Gasteiger partial charge in [0.15, 0.2) is 5.82 Å². The van der Waals surface area contributed by atoms with Crippen molar-refractivity contribution in [2.24, 2.45) is 0 Å². The summed E-state index contributed by atoms with van der Waals surface area (Å²) in [7, 11) is 0. The lowest BCUT2D eigenvalue weighted by atomic mass is 10.1. The number of carbonyl (C=O) groups is 1. The lowest BCUT2D eigenvalue weighted by Crippen LogP contribution is -2.12. The minimum atomic E-state index is -0.191. The van der Waals surface area contributed by atoms with Crippen LogP contribution in [0.3, 0.4) is 0 Å². The molecule has 0 aliphatic carbocycles. The molecule has 0 saturated heterocycles. The molecule has 0 spiro atoms. The van der Waals surface area contributed by atoms with E-state index < -0.39 is 0 Å². The van der Waals surface area contributed by atoms with E-state index in [1.54, 1.807) is 12.4 Å². The Labute approximate surface area is 214 Å². The van der Waals surface area contributed by atoms with Crippen LogP contribution in [0.15, 0.2) is 85.2 Å². The standard InChI is InChI=1S/C27H21N7O.C2H6/c1-16-2-6-20(7-3-16)31-27(35)24-13-17-4-5-18(14-23(17)32-24)26-28-11-10-25(33-26)30-21-8-9-22-19(12-21)15-29-34-22;1-2/h2-15,32H,1H3,(H,29,34)(H,31,35)(H,28,30,33);1-2H3. The number of aryl methyl sites for hydroxylation is 1. The van der Waals surface area contributed by atoms with E-state index in [9.17, 15) is 4.79 Å². The first-order valence-electron chi connectivity index (χ1n) is 12.2. The summed E-state index contributed by atoms with van der Waals surface area (Å²) in [5, 5.41) is 15.2. The van der Waals surface area contributed by atoms with Crippen LogP contribution >= 0.6 is 0 Å². The third kappa shape index (κ3) is 5.18. The zero-order chi connectivity index (χ0) is 25.8. The van der Waals surface area contributed by atoms with Crippen molar-refractivity contribution in [1.82, 2.24) is 25.1 Å². The zero-order valence-electron chi connectivity index (χ0n) is 20.8. The maximum atomic E-state index is 12.7. The maximum Gasteiger partial charge on any atom is 0.272 e. The van der Waals surface area contributed by atoms with E-state index in [2.05, 4.69) is 35.8 Å². The minimum Gasteiger partial charge on any atom is -0.350 e. The first-order chi connectivity index (χ1) is 18.1. The molecule has 0 fully saturated rings. The van der Waals surface area contributed by atoms with Gasteiger partial charge in [0, 0.05) is 39.4 Å². The third-order valence-corrected chi connectivity index (χ3v) is 5.80. The highest BCUT2D eigenvalue weighted by molar-refractivity contribution is 6.06. The molecule has 8 heteroatoms. The number of hydrogen-bond donors (Lipinski definition) is 4. The molecule has 0 saturated carbocycles. The molecule has 3 aromatic carbocycles. The Hall–Kier alpha value is -4.98. The highest BCUT2D eigenvalue weighted by Crippen LogP contribution is 2.25. The quantitative estimate of drug-likeness (QED) is 0.212. The molecule has 0 unspecified atom stereocenters. The minimum absolute atomic E-state index is 0.191. The van der Waals surface area contributed by atoms with Crippen molar-refractivity contribution in [2.75, 3.05) is 10.6 Å². The highest BCUT2D eigenvalue weighted by atomic mass is 16.1. The number of anilines is 3. The normalized spacial score (nSPS) is 10.7. The fourth-order valence-electron chi connectivity index (χ4n) is 3.96. The van der Waals surface area contributed by atoms with Gasteiger partial charge >= 0.3 is 0 Å². The second-order valence-corrected chi connectivity index (χ2v) is 8.37. The smallest absolute Gasteiger partial charge is 0.272 e. The second-order valence-electron chi connectivity index (χ2n) is 8.37. The number of benzene rings is 3. The van der Waals surface area contributed by atoms with Crippen molar-refractivity contribution in [3.8, 4) is 11.4 Å². The summed E-state index contributed by atoms with van der Waals surface area (Å²) in [5.74, 6) is 1.08. The van der Waals surface area contributed by atoms with Crippen molar-refractivity contribution in [3.63, 3.8) is 0 Å². The van der Waals surface area contributed by atoms with Gasteiger partial charge in [-0.2, -0.15) is 5.10 Å². The SMILES string of the molecule is CC.Cc1ccc(NC(=O)c2cc3ccc(-c4nccc(Nc5ccc6[nH]ncc6c5)n4)cc3[nH]2)cc1. The summed E-state index contributed by atoms with van der Waals surface area (Å²) in [6, 6.07) is 23.2. The van der Waals surface area contributed by atoms with Gasteiger partial charge in [-0.1, -0.05) is 43.7 Å². The van der Waals surface area contributed by atoms with Crippen LogP contribution in [-0.2, 0) is 0 Å². The molecule has 6 aromatic rings. The Morgan fingerprint density at radius 1 is 0.838 bits per heavy atom. The summed E-state index contributed by atoms with van der Waals surface area (Å²) in [4.78, 5) is 25.1. The molecule has 4 N–H and O–H groups in total. The second kappa shape index (κ2) is 10.3. The molecule has 8 nitrogen and oxygen atoms in total. The number of nitrogens with one attached hydrogen (secondary N) is 4. The van der Waals surface area contributed by atoms with Gasteiger partial charge in [0.25, 0.3) is 5.91 Å². The molecule has 37 heavy (non-hydrogen) atoms. The van der Waals surface area contributed by atoms with Crippen molar-refractivity contribution in [3.05, 3.63) is 96.4 Å². The summed E-state index contributed by atoms with van der Waals surface area (Å²) < 4.78 is 0. The van der Waals surface area contributed by atoms with Crippen molar-refractivity contribution >= 4 is 44.9 Å². The van der Waals surface area contributed by atoms with E-state index in [0.717, 1.165) is 44.3 Å². The summed E-state index contributed by atoms with van der Waals surface area (Å²) in [6.45, 7) is 6.01. The lowest BCUT2D eigenvalue weighted by Gasteiger charge is -2.07. The van der Waals surface area contributed by atoms with Crippen LogP contribution in [0.5, 0.6) is 0 Å². The molecule has 0 aliphatic heterocycles. The van der Waals surface area contributed by atoms with E-state index >= 15 is 0 Å². The lowest BCUT2D eigenvalue weighted by molar-refractivity contribution is 0.102. The van der Waals surface area contributed by atoms with Gasteiger partial charge in [-0.15, -0.1) is 0 Å². The van der Waals surface area contributed by atoms with Crippen LogP contribution < -0.4 is 10.6 Å². The molecular weight excluding hydrogens is 462 g/mol. The highest BCUT2D eigenvalue weighted by Gasteiger charge is 2.12. The average Bonchev–Trinajstić information content (AvgIpc) is 3.58. The number of hydrogen-bond acceptors (Lipinski definition) is 5. The summed E-state index contributed by atoms with van der Waals surface area (Å²) in [6.07, 6.45) is 3.51.